The van der Waals surface area contributed by atoms with Gasteiger partial charge in [0.05, 0.1) is 30.9 Å². The van der Waals surface area contributed by atoms with Crippen LogP contribution in [0.4, 0.5) is 5.69 Å². The topological polar surface area (TPSA) is 108 Å². The third kappa shape index (κ3) is 4.94. The number of nitrogens with one attached hydrogen (secondary N) is 1. The van der Waals surface area contributed by atoms with Crippen molar-refractivity contribution in [1.82, 2.24) is 0 Å². The maximum Gasteiger partial charge on any atom is 0.339 e. The number of ether oxygens (including phenoxy) is 3. The number of hydrogen-bond acceptors (Lipinski definition) is 7. The molecule has 0 unspecified atom stereocenters. The lowest BCUT2D eigenvalue weighted by molar-refractivity contribution is -0.119. The number of benzene rings is 2. The van der Waals surface area contributed by atoms with Crippen LogP contribution < -0.4 is 5.32 Å². The van der Waals surface area contributed by atoms with E-state index in [0.29, 0.717) is 11.3 Å². The minimum atomic E-state index is -0.837. The molecule has 0 saturated carbocycles. The molecule has 2 aromatic carbocycles. The Hall–Kier alpha value is -3.68. The zero-order chi connectivity index (χ0) is 20.7. The van der Waals surface area contributed by atoms with Crippen LogP contribution in [0, 0.1) is 6.92 Å². The summed E-state index contributed by atoms with van der Waals surface area (Å²) in [5, 5.41) is 2.57. The van der Waals surface area contributed by atoms with Crippen LogP contribution in [0.25, 0.3) is 0 Å². The van der Waals surface area contributed by atoms with Gasteiger partial charge in [0.25, 0.3) is 5.91 Å². The van der Waals surface area contributed by atoms with Gasteiger partial charge in [-0.3, -0.25) is 4.79 Å². The minimum Gasteiger partial charge on any atom is -0.465 e. The summed E-state index contributed by atoms with van der Waals surface area (Å²) in [6, 6.07) is 10.6. The van der Waals surface area contributed by atoms with Crippen LogP contribution in [0.3, 0.4) is 0 Å². The lowest BCUT2D eigenvalue weighted by atomic mass is 10.1. The first kappa shape index (κ1) is 20.6. The van der Waals surface area contributed by atoms with E-state index in [1.54, 1.807) is 31.2 Å². The van der Waals surface area contributed by atoms with Crippen LogP contribution in [0.5, 0.6) is 0 Å². The van der Waals surface area contributed by atoms with Crippen molar-refractivity contribution in [2.45, 2.75) is 6.92 Å². The van der Waals surface area contributed by atoms with Crippen LogP contribution in [0.2, 0.25) is 0 Å². The molecule has 146 valence electrons. The second kappa shape index (κ2) is 9.31. The fourth-order valence-corrected chi connectivity index (χ4v) is 2.35. The van der Waals surface area contributed by atoms with E-state index in [0.717, 1.165) is 0 Å². The molecule has 0 bridgehead atoms. The SMILES string of the molecule is COC(=O)c1ccc(C)c(NC(=O)COC(=O)c2ccccc2C(=O)OC)c1. The Morgan fingerprint density at radius 1 is 0.857 bits per heavy atom. The summed E-state index contributed by atoms with van der Waals surface area (Å²) in [6.45, 7) is 1.17. The van der Waals surface area contributed by atoms with E-state index < -0.39 is 30.4 Å². The van der Waals surface area contributed by atoms with Crippen molar-refractivity contribution in [3.05, 3.63) is 64.7 Å². The van der Waals surface area contributed by atoms with Gasteiger partial charge in [0.1, 0.15) is 0 Å². The first-order valence-electron chi connectivity index (χ1n) is 8.20. The molecule has 2 aromatic rings. The summed E-state index contributed by atoms with van der Waals surface area (Å²) in [5.41, 5.74) is 1.40. The van der Waals surface area contributed by atoms with Gasteiger partial charge < -0.3 is 19.5 Å². The largest absolute Gasteiger partial charge is 0.465 e. The molecule has 0 aliphatic carbocycles. The van der Waals surface area contributed by atoms with Crippen LogP contribution in [-0.2, 0) is 19.0 Å². The number of methoxy groups -OCH3 is 2. The molecule has 0 atom stereocenters. The van der Waals surface area contributed by atoms with Crippen molar-refractivity contribution >= 4 is 29.5 Å². The summed E-state index contributed by atoms with van der Waals surface area (Å²) < 4.78 is 14.3. The van der Waals surface area contributed by atoms with Crippen LogP contribution in [0.15, 0.2) is 42.5 Å². The first-order chi connectivity index (χ1) is 13.4. The van der Waals surface area contributed by atoms with Gasteiger partial charge in [-0.05, 0) is 36.8 Å². The van der Waals surface area contributed by atoms with E-state index in [-0.39, 0.29) is 16.7 Å². The number of aryl methyl sites for hydroxylation is 1. The number of amides is 1. The monoisotopic (exact) mass is 385 g/mol. The predicted molar refractivity (Wildman–Crippen MR) is 99.2 cm³/mol. The van der Waals surface area contributed by atoms with Gasteiger partial charge in [-0.25, -0.2) is 14.4 Å². The second-order valence-electron chi connectivity index (χ2n) is 5.68. The van der Waals surface area contributed by atoms with E-state index >= 15 is 0 Å². The molecular weight excluding hydrogens is 366 g/mol. The van der Waals surface area contributed by atoms with Gasteiger partial charge in [0.2, 0.25) is 0 Å². The Labute approximate surface area is 161 Å². The highest BCUT2D eigenvalue weighted by molar-refractivity contribution is 6.04. The van der Waals surface area contributed by atoms with E-state index in [1.807, 2.05) is 0 Å². The predicted octanol–water partition coefficient (Wildman–Crippen LogP) is 2.36. The van der Waals surface area contributed by atoms with Crippen molar-refractivity contribution in [3.63, 3.8) is 0 Å². The Morgan fingerprint density at radius 2 is 1.46 bits per heavy atom. The summed E-state index contributed by atoms with van der Waals surface area (Å²) in [4.78, 5) is 47.7. The number of rotatable bonds is 6. The smallest absolute Gasteiger partial charge is 0.339 e. The Balaban J connectivity index is 2.05. The quantitative estimate of drug-likeness (QED) is 0.601. The fourth-order valence-electron chi connectivity index (χ4n) is 2.35. The maximum atomic E-state index is 12.2. The van der Waals surface area contributed by atoms with E-state index in [4.69, 9.17) is 4.74 Å². The molecule has 0 aliphatic heterocycles. The van der Waals surface area contributed by atoms with Gasteiger partial charge in [-0.1, -0.05) is 18.2 Å². The summed E-state index contributed by atoms with van der Waals surface area (Å²) >= 11 is 0. The first-order valence-corrected chi connectivity index (χ1v) is 8.20. The summed E-state index contributed by atoms with van der Waals surface area (Å²) in [6.07, 6.45) is 0. The molecule has 0 heterocycles. The van der Waals surface area contributed by atoms with Gasteiger partial charge in [-0.2, -0.15) is 0 Å². The minimum absolute atomic E-state index is 0.00832. The summed E-state index contributed by atoms with van der Waals surface area (Å²) in [5.74, 6) is -2.67. The Morgan fingerprint density at radius 3 is 2.07 bits per heavy atom. The number of carbonyl (C=O) groups is 4. The number of esters is 3. The molecule has 1 amide bonds. The molecule has 8 nitrogen and oxygen atoms in total. The standard InChI is InChI=1S/C20H19NO7/c1-12-8-9-13(18(23)26-2)10-16(12)21-17(22)11-28-20(25)15-7-5-4-6-14(15)19(24)27-3/h4-10H,11H2,1-3H3,(H,21,22). The number of carbonyl (C=O) groups excluding carboxylic acids is 4. The zero-order valence-electron chi connectivity index (χ0n) is 15.6. The molecule has 0 aromatic heterocycles. The molecule has 28 heavy (non-hydrogen) atoms. The second-order valence-corrected chi connectivity index (χ2v) is 5.68. The van der Waals surface area contributed by atoms with E-state index in [9.17, 15) is 19.2 Å². The van der Waals surface area contributed by atoms with Crippen molar-refractivity contribution in [3.8, 4) is 0 Å². The molecule has 8 heteroatoms. The highest BCUT2D eigenvalue weighted by atomic mass is 16.5. The summed E-state index contributed by atoms with van der Waals surface area (Å²) in [7, 11) is 2.45. The number of anilines is 1. The Kier molecular flexibility index (Phi) is 6.86. The molecular formula is C20H19NO7. The maximum absolute atomic E-state index is 12.2. The lowest BCUT2D eigenvalue weighted by Gasteiger charge is -2.11. The van der Waals surface area contributed by atoms with Crippen LogP contribution >= 0.6 is 0 Å². The van der Waals surface area contributed by atoms with Crippen molar-refractivity contribution < 1.29 is 33.4 Å². The van der Waals surface area contributed by atoms with Crippen molar-refractivity contribution in [1.29, 1.82) is 0 Å². The molecule has 0 saturated heterocycles. The highest BCUT2D eigenvalue weighted by Gasteiger charge is 2.19. The zero-order valence-corrected chi connectivity index (χ0v) is 15.6. The van der Waals surface area contributed by atoms with Crippen LogP contribution in [-0.4, -0.2) is 44.6 Å². The van der Waals surface area contributed by atoms with Crippen LogP contribution in [0.1, 0.15) is 36.6 Å². The van der Waals surface area contributed by atoms with E-state index in [2.05, 4.69) is 14.8 Å². The Bertz CT molecular complexity index is 921. The molecule has 0 radical (unpaired) electrons. The lowest BCUT2D eigenvalue weighted by Crippen LogP contribution is -2.22. The number of hydrogen-bond donors (Lipinski definition) is 1. The highest BCUT2D eigenvalue weighted by Crippen LogP contribution is 2.18. The van der Waals surface area contributed by atoms with Gasteiger partial charge in [0, 0.05) is 5.69 Å². The third-order valence-electron chi connectivity index (χ3n) is 3.82. The van der Waals surface area contributed by atoms with Crippen molar-refractivity contribution in [2.24, 2.45) is 0 Å². The van der Waals surface area contributed by atoms with Crippen molar-refractivity contribution in [2.75, 3.05) is 26.1 Å². The van der Waals surface area contributed by atoms with Gasteiger partial charge in [-0.15, -0.1) is 0 Å². The fraction of sp³-hybridized carbons (Fsp3) is 0.200. The van der Waals surface area contributed by atoms with Gasteiger partial charge in [0.15, 0.2) is 6.61 Å². The average Bonchev–Trinajstić information content (AvgIpc) is 2.72. The molecule has 0 spiro atoms. The molecule has 0 fully saturated rings. The average molecular weight is 385 g/mol. The van der Waals surface area contributed by atoms with E-state index in [1.165, 1.54) is 32.4 Å². The van der Waals surface area contributed by atoms with Gasteiger partial charge >= 0.3 is 17.9 Å². The molecule has 1 N–H and O–H groups in total. The third-order valence-corrected chi connectivity index (χ3v) is 3.82. The molecule has 0 aliphatic rings. The normalized spacial score (nSPS) is 9.96. The molecule has 2 rings (SSSR count).